The Labute approximate surface area is 104 Å². The minimum Gasteiger partial charge on any atom is -0.496 e. The highest BCUT2D eigenvalue weighted by Crippen LogP contribution is 2.38. The van der Waals surface area contributed by atoms with Gasteiger partial charge in [-0.15, -0.1) is 0 Å². The van der Waals surface area contributed by atoms with Gasteiger partial charge in [0.1, 0.15) is 17.1 Å². The molecule has 2 rings (SSSR count). The van der Waals surface area contributed by atoms with Crippen molar-refractivity contribution in [2.75, 3.05) is 14.2 Å². The molecule has 96 valence electrons. The Morgan fingerprint density at radius 3 is 2.78 bits per heavy atom. The number of carboxylic acids is 1. The number of methoxy groups -OCH3 is 2. The fraction of sp³-hybridized carbons (Fsp3) is 0.308. The van der Waals surface area contributed by atoms with Crippen LogP contribution in [0.3, 0.4) is 0 Å². The molecule has 0 spiro atoms. The molecule has 0 saturated carbocycles. The van der Waals surface area contributed by atoms with E-state index in [4.69, 9.17) is 19.0 Å². The van der Waals surface area contributed by atoms with Gasteiger partial charge in [-0.2, -0.15) is 0 Å². The van der Waals surface area contributed by atoms with Gasteiger partial charge in [-0.25, -0.2) is 0 Å². The monoisotopic (exact) mass is 250 g/mol. The van der Waals surface area contributed by atoms with E-state index < -0.39 is 5.97 Å². The van der Waals surface area contributed by atoms with Gasteiger partial charge in [0.15, 0.2) is 0 Å². The van der Waals surface area contributed by atoms with E-state index in [9.17, 15) is 4.79 Å². The average molecular weight is 250 g/mol. The van der Waals surface area contributed by atoms with Crippen molar-refractivity contribution in [2.24, 2.45) is 0 Å². The smallest absolute Gasteiger partial charge is 0.303 e. The Hall–Kier alpha value is -2.17. The Morgan fingerprint density at radius 2 is 2.17 bits per heavy atom. The summed E-state index contributed by atoms with van der Waals surface area (Å²) in [6, 6.07) is 3.53. The minimum absolute atomic E-state index is 0.0239. The predicted octanol–water partition coefficient (Wildman–Crippen LogP) is 2.47. The number of furan rings is 1. The maximum absolute atomic E-state index is 10.7. The second-order valence-corrected chi connectivity index (χ2v) is 3.82. The molecule has 1 aromatic heterocycles. The third-order valence-corrected chi connectivity index (χ3v) is 2.79. The molecule has 5 heteroatoms. The van der Waals surface area contributed by atoms with E-state index in [1.54, 1.807) is 25.5 Å². The van der Waals surface area contributed by atoms with Crippen molar-refractivity contribution in [2.45, 2.75) is 12.8 Å². The van der Waals surface area contributed by atoms with Crippen LogP contribution in [0.1, 0.15) is 12.0 Å². The number of aliphatic carboxylic acids is 1. The Bertz CT molecular complexity index is 570. The van der Waals surface area contributed by atoms with E-state index in [2.05, 4.69) is 0 Å². The molecule has 2 aromatic rings. The third-order valence-electron chi connectivity index (χ3n) is 2.79. The van der Waals surface area contributed by atoms with Crippen LogP contribution in [-0.2, 0) is 11.2 Å². The van der Waals surface area contributed by atoms with E-state index in [1.807, 2.05) is 0 Å². The molecular weight excluding hydrogens is 236 g/mol. The number of hydrogen-bond donors (Lipinski definition) is 1. The van der Waals surface area contributed by atoms with Crippen LogP contribution in [-0.4, -0.2) is 25.3 Å². The highest BCUT2D eigenvalue weighted by atomic mass is 16.5. The van der Waals surface area contributed by atoms with E-state index in [1.165, 1.54) is 7.11 Å². The van der Waals surface area contributed by atoms with Gasteiger partial charge in [0, 0.05) is 18.1 Å². The van der Waals surface area contributed by atoms with Gasteiger partial charge in [0.2, 0.25) is 0 Å². The second kappa shape index (κ2) is 5.00. The molecule has 0 fully saturated rings. The van der Waals surface area contributed by atoms with Crippen LogP contribution in [0.15, 0.2) is 22.8 Å². The molecule has 0 saturated heterocycles. The van der Waals surface area contributed by atoms with Crippen LogP contribution < -0.4 is 9.47 Å². The quantitative estimate of drug-likeness (QED) is 0.882. The van der Waals surface area contributed by atoms with Crippen LogP contribution in [0.4, 0.5) is 0 Å². The summed E-state index contributed by atoms with van der Waals surface area (Å²) in [6.45, 7) is 0. The first-order valence-corrected chi connectivity index (χ1v) is 5.50. The van der Waals surface area contributed by atoms with Crippen LogP contribution in [0.5, 0.6) is 11.5 Å². The van der Waals surface area contributed by atoms with Crippen molar-refractivity contribution < 1.29 is 23.8 Å². The lowest BCUT2D eigenvalue weighted by Gasteiger charge is -2.13. The summed E-state index contributed by atoms with van der Waals surface area (Å²) in [4.78, 5) is 10.7. The van der Waals surface area contributed by atoms with Gasteiger partial charge in [0.05, 0.1) is 25.9 Å². The maximum atomic E-state index is 10.7. The first-order chi connectivity index (χ1) is 8.67. The van der Waals surface area contributed by atoms with Crippen molar-refractivity contribution in [1.29, 1.82) is 0 Å². The minimum atomic E-state index is -0.855. The highest BCUT2D eigenvalue weighted by molar-refractivity contribution is 5.88. The van der Waals surface area contributed by atoms with Crippen LogP contribution in [0, 0.1) is 0 Å². The van der Waals surface area contributed by atoms with Crippen molar-refractivity contribution >= 4 is 16.9 Å². The first-order valence-electron chi connectivity index (χ1n) is 5.50. The van der Waals surface area contributed by atoms with Crippen LogP contribution in [0.25, 0.3) is 11.0 Å². The summed E-state index contributed by atoms with van der Waals surface area (Å²) < 4.78 is 15.9. The normalized spacial score (nSPS) is 10.6. The molecule has 1 heterocycles. The molecule has 0 unspecified atom stereocenters. The molecule has 0 aliphatic carbocycles. The Morgan fingerprint density at radius 1 is 1.39 bits per heavy atom. The van der Waals surface area contributed by atoms with Gasteiger partial charge in [-0.3, -0.25) is 4.79 Å². The summed E-state index contributed by atoms with van der Waals surface area (Å²) in [7, 11) is 3.08. The summed E-state index contributed by atoms with van der Waals surface area (Å²) >= 11 is 0. The molecule has 0 aliphatic rings. The standard InChI is InChI=1S/C13H14O5/c1-16-10-7-11-9(5-6-18-11)13(17-2)8(10)3-4-12(14)15/h5-7H,3-4H2,1-2H3,(H,14,15). The lowest BCUT2D eigenvalue weighted by Crippen LogP contribution is -2.02. The second-order valence-electron chi connectivity index (χ2n) is 3.82. The van der Waals surface area contributed by atoms with Gasteiger partial charge in [-0.1, -0.05) is 0 Å². The Balaban J connectivity index is 2.55. The molecule has 0 amide bonds. The first kappa shape index (κ1) is 12.3. The molecule has 18 heavy (non-hydrogen) atoms. The highest BCUT2D eigenvalue weighted by Gasteiger charge is 2.17. The topological polar surface area (TPSA) is 68.9 Å². The van der Waals surface area contributed by atoms with Crippen LogP contribution >= 0.6 is 0 Å². The Kier molecular flexibility index (Phi) is 3.41. The number of carbonyl (C=O) groups is 1. The molecule has 0 radical (unpaired) electrons. The lowest BCUT2D eigenvalue weighted by molar-refractivity contribution is -0.136. The van der Waals surface area contributed by atoms with E-state index in [-0.39, 0.29) is 6.42 Å². The largest absolute Gasteiger partial charge is 0.496 e. The molecule has 0 bridgehead atoms. The third kappa shape index (κ3) is 2.11. The summed E-state index contributed by atoms with van der Waals surface area (Å²) in [5, 5.41) is 9.59. The SMILES string of the molecule is COc1cc2occc2c(OC)c1CCC(=O)O. The van der Waals surface area contributed by atoms with Gasteiger partial charge in [0.25, 0.3) is 0 Å². The van der Waals surface area contributed by atoms with E-state index >= 15 is 0 Å². The van der Waals surface area contributed by atoms with Crippen LogP contribution in [0.2, 0.25) is 0 Å². The molecule has 0 atom stereocenters. The number of hydrogen-bond acceptors (Lipinski definition) is 4. The maximum Gasteiger partial charge on any atom is 0.303 e. The van der Waals surface area contributed by atoms with E-state index in [0.717, 1.165) is 10.9 Å². The zero-order valence-electron chi connectivity index (χ0n) is 10.2. The van der Waals surface area contributed by atoms with Gasteiger partial charge < -0.3 is 19.0 Å². The van der Waals surface area contributed by atoms with Crippen molar-refractivity contribution in [3.05, 3.63) is 24.0 Å². The number of ether oxygens (including phenoxy) is 2. The molecule has 1 aromatic carbocycles. The molecule has 0 aliphatic heterocycles. The number of carboxylic acid groups (broad SMARTS) is 1. The van der Waals surface area contributed by atoms with Gasteiger partial charge in [-0.05, 0) is 12.5 Å². The number of fused-ring (bicyclic) bond motifs is 1. The molecule has 5 nitrogen and oxygen atoms in total. The number of rotatable bonds is 5. The molecular formula is C13H14O5. The van der Waals surface area contributed by atoms with Crippen molar-refractivity contribution in [3.63, 3.8) is 0 Å². The van der Waals surface area contributed by atoms with E-state index in [0.29, 0.717) is 23.5 Å². The fourth-order valence-electron chi connectivity index (χ4n) is 1.98. The van der Waals surface area contributed by atoms with Gasteiger partial charge >= 0.3 is 5.97 Å². The lowest BCUT2D eigenvalue weighted by atomic mass is 10.0. The predicted molar refractivity (Wildman–Crippen MR) is 65.3 cm³/mol. The van der Waals surface area contributed by atoms with Crippen molar-refractivity contribution in [1.82, 2.24) is 0 Å². The number of benzene rings is 1. The molecule has 1 N–H and O–H groups in total. The summed E-state index contributed by atoms with van der Waals surface area (Å²) in [5.74, 6) is 0.335. The van der Waals surface area contributed by atoms with Crippen molar-refractivity contribution in [3.8, 4) is 11.5 Å². The zero-order valence-corrected chi connectivity index (χ0v) is 10.2. The zero-order chi connectivity index (χ0) is 13.1. The fourth-order valence-corrected chi connectivity index (χ4v) is 1.98. The summed E-state index contributed by atoms with van der Waals surface area (Å²) in [6.07, 6.45) is 1.94. The summed E-state index contributed by atoms with van der Waals surface area (Å²) in [5.41, 5.74) is 1.40. The average Bonchev–Trinajstić information content (AvgIpc) is 2.81.